The second-order valence-electron chi connectivity index (χ2n) is 7.16. The van der Waals surface area contributed by atoms with Gasteiger partial charge in [0.05, 0.1) is 22.8 Å². The Bertz CT molecular complexity index is 1120. The van der Waals surface area contributed by atoms with Crippen molar-refractivity contribution in [3.63, 3.8) is 0 Å². The number of thioether (sulfide) groups is 1. The van der Waals surface area contributed by atoms with Crippen molar-refractivity contribution in [2.45, 2.75) is 44.3 Å². The van der Waals surface area contributed by atoms with Gasteiger partial charge in [0.25, 0.3) is 0 Å². The van der Waals surface area contributed by atoms with Crippen molar-refractivity contribution in [2.24, 2.45) is 0 Å². The van der Waals surface area contributed by atoms with E-state index in [-0.39, 0.29) is 17.6 Å². The summed E-state index contributed by atoms with van der Waals surface area (Å²) in [6.07, 6.45) is 5.72. The Kier molecular flexibility index (Phi) is 7.44. The van der Waals surface area contributed by atoms with Gasteiger partial charge in [-0.2, -0.15) is 0 Å². The number of fused-ring (bicyclic) bond motifs is 1. The summed E-state index contributed by atoms with van der Waals surface area (Å²) in [5.41, 5.74) is 1.56. The number of hydrogen-bond donors (Lipinski definition) is 1. The first-order chi connectivity index (χ1) is 15.6. The number of anilines is 1. The first-order valence-corrected chi connectivity index (χ1v) is 13.1. The second kappa shape index (κ2) is 10.5. The molecule has 0 unspecified atom stereocenters. The first kappa shape index (κ1) is 22.8. The van der Waals surface area contributed by atoms with Gasteiger partial charge in [-0.1, -0.05) is 23.9 Å². The van der Waals surface area contributed by atoms with Gasteiger partial charge in [0.2, 0.25) is 5.91 Å². The first-order valence-electron chi connectivity index (χ1n) is 10.4. The summed E-state index contributed by atoms with van der Waals surface area (Å²) in [5, 5.41) is 14.8. The fraction of sp³-hybridized carbons (Fsp3) is 0.364. The van der Waals surface area contributed by atoms with Gasteiger partial charge in [0.1, 0.15) is 5.00 Å². The topological polar surface area (TPSA) is 86.1 Å². The summed E-state index contributed by atoms with van der Waals surface area (Å²) in [7, 11) is 0. The molecule has 168 valence electrons. The molecule has 10 heteroatoms. The van der Waals surface area contributed by atoms with Crippen LogP contribution in [0.5, 0.6) is 0 Å². The number of amides is 1. The summed E-state index contributed by atoms with van der Waals surface area (Å²) in [4.78, 5) is 27.6. The fourth-order valence-corrected chi connectivity index (χ4v) is 6.40. The van der Waals surface area contributed by atoms with Crippen LogP contribution in [-0.2, 0) is 28.9 Å². The highest BCUT2D eigenvalue weighted by Gasteiger charge is 2.27. The van der Waals surface area contributed by atoms with Crippen LogP contribution in [0.1, 0.15) is 40.6 Å². The van der Waals surface area contributed by atoms with Crippen molar-refractivity contribution in [1.82, 2.24) is 14.8 Å². The monoisotopic (exact) mass is 488 g/mol. The third kappa shape index (κ3) is 4.82. The Hall–Kier alpha value is -2.43. The molecule has 1 N–H and O–H groups in total. The minimum Gasteiger partial charge on any atom is -0.462 e. The molecule has 7 nitrogen and oxygen atoms in total. The van der Waals surface area contributed by atoms with E-state index in [0.717, 1.165) is 41.9 Å². The number of thiophene rings is 2. The Balaban J connectivity index is 1.49. The van der Waals surface area contributed by atoms with Crippen molar-refractivity contribution < 1.29 is 14.3 Å². The quantitative estimate of drug-likeness (QED) is 0.258. The Morgan fingerprint density at radius 2 is 2.19 bits per heavy atom. The number of allylic oxidation sites excluding steroid dienone is 1. The normalized spacial score (nSPS) is 12.9. The minimum absolute atomic E-state index is 0.157. The van der Waals surface area contributed by atoms with Crippen molar-refractivity contribution in [3.05, 3.63) is 46.2 Å². The van der Waals surface area contributed by atoms with Crippen LogP contribution in [0, 0.1) is 0 Å². The van der Waals surface area contributed by atoms with Gasteiger partial charge < -0.3 is 10.1 Å². The van der Waals surface area contributed by atoms with Gasteiger partial charge in [-0.25, -0.2) is 4.79 Å². The molecule has 1 aliphatic rings. The van der Waals surface area contributed by atoms with Gasteiger partial charge in [-0.3, -0.25) is 9.36 Å². The molecule has 0 saturated carbocycles. The maximum absolute atomic E-state index is 12.8. The van der Waals surface area contributed by atoms with Crippen LogP contribution in [0.15, 0.2) is 35.3 Å². The SMILES string of the molecule is C=CCn1c(SCC(=O)Nc2sc3c(c2C(=O)OCC)CCCC3)nnc1-c1cccs1. The molecule has 0 aliphatic heterocycles. The van der Waals surface area contributed by atoms with Crippen LogP contribution in [0.3, 0.4) is 0 Å². The maximum atomic E-state index is 12.8. The zero-order valence-electron chi connectivity index (χ0n) is 17.8. The maximum Gasteiger partial charge on any atom is 0.341 e. The van der Waals surface area contributed by atoms with Gasteiger partial charge >= 0.3 is 5.97 Å². The number of carbonyl (C=O) groups is 2. The summed E-state index contributed by atoms with van der Waals surface area (Å²) in [5.74, 6) is 0.370. The molecule has 0 saturated heterocycles. The molecule has 0 bridgehead atoms. The second-order valence-corrected chi connectivity index (χ2v) is 10.2. The highest BCUT2D eigenvalue weighted by molar-refractivity contribution is 7.99. The van der Waals surface area contributed by atoms with E-state index >= 15 is 0 Å². The zero-order valence-corrected chi connectivity index (χ0v) is 20.2. The summed E-state index contributed by atoms with van der Waals surface area (Å²) in [6, 6.07) is 3.96. The summed E-state index contributed by atoms with van der Waals surface area (Å²) < 4.78 is 7.21. The average Bonchev–Trinajstić information content (AvgIpc) is 3.51. The van der Waals surface area contributed by atoms with E-state index in [0.29, 0.717) is 28.9 Å². The highest BCUT2D eigenvalue weighted by Crippen LogP contribution is 2.38. The Morgan fingerprint density at radius 3 is 2.94 bits per heavy atom. The zero-order chi connectivity index (χ0) is 22.5. The van der Waals surface area contributed by atoms with E-state index in [4.69, 9.17) is 4.74 Å². The molecular formula is C22H24N4O3S3. The Morgan fingerprint density at radius 1 is 1.34 bits per heavy atom. The average molecular weight is 489 g/mol. The van der Waals surface area contributed by atoms with Crippen molar-refractivity contribution in [2.75, 3.05) is 17.7 Å². The molecular weight excluding hydrogens is 464 g/mol. The van der Waals surface area contributed by atoms with Gasteiger partial charge in [-0.15, -0.1) is 39.4 Å². The van der Waals surface area contributed by atoms with E-state index in [1.165, 1.54) is 28.0 Å². The number of aromatic nitrogens is 3. The van der Waals surface area contributed by atoms with E-state index < -0.39 is 0 Å². The lowest BCUT2D eigenvalue weighted by Crippen LogP contribution is -2.17. The molecule has 1 amide bonds. The van der Waals surface area contributed by atoms with E-state index in [9.17, 15) is 9.59 Å². The number of nitrogens with one attached hydrogen (secondary N) is 1. The molecule has 4 rings (SSSR count). The molecule has 0 atom stereocenters. The Labute approximate surface area is 198 Å². The number of aryl methyl sites for hydroxylation is 1. The largest absolute Gasteiger partial charge is 0.462 e. The molecule has 3 aromatic heterocycles. The van der Waals surface area contributed by atoms with E-state index in [1.54, 1.807) is 24.3 Å². The fourth-order valence-electron chi connectivity index (χ4n) is 3.64. The molecule has 1 aliphatic carbocycles. The lowest BCUT2D eigenvalue weighted by molar-refractivity contribution is -0.113. The molecule has 0 fully saturated rings. The predicted octanol–water partition coefficient (Wildman–Crippen LogP) is 5.04. The van der Waals surface area contributed by atoms with Crippen LogP contribution in [0.25, 0.3) is 10.7 Å². The van der Waals surface area contributed by atoms with Crippen molar-refractivity contribution in [3.8, 4) is 10.7 Å². The molecule has 32 heavy (non-hydrogen) atoms. The standard InChI is InChI=1S/C22H24N4O3S3/c1-3-11-26-19(16-10-7-12-30-16)24-25-22(26)31-13-17(27)23-20-18(21(28)29-4-2)14-8-5-6-9-15(14)32-20/h3,7,10,12H,1,4-6,8-9,11,13H2,2H3,(H,23,27). The van der Waals surface area contributed by atoms with Crippen molar-refractivity contribution >= 4 is 51.3 Å². The van der Waals surface area contributed by atoms with Gasteiger partial charge in [0, 0.05) is 11.4 Å². The van der Waals surface area contributed by atoms with Crippen LogP contribution >= 0.6 is 34.4 Å². The van der Waals surface area contributed by atoms with Crippen molar-refractivity contribution in [1.29, 1.82) is 0 Å². The number of nitrogens with zero attached hydrogens (tertiary/aromatic N) is 3. The molecule has 0 aromatic carbocycles. The number of ether oxygens (including phenoxy) is 1. The van der Waals surface area contributed by atoms with Crippen LogP contribution in [0.2, 0.25) is 0 Å². The number of hydrogen-bond acceptors (Lipinski definition) is 8. The lowest BCUT2D eigenvalue weighted by atomic mass is 9.95. The number of rotatable bonds is 9. The molecule has 3 aromatic rings. The van der Waals surface area contributed by atoms with Gasteiger partial charge in [-0.05, 0) is 49.6 Å². The summed E-state index contributed by atoms with van der Waals surface area (Å²) >= 11 is 4.40. The smallest absolute Gasteiger partial charge is 0.341 e. The summed E-state index contributed by atoms with van der Waals surface area (Å²) in [6.45, 7) is 6.46. The highest BCUT2D eigenvalue weighted by atomic mass is 32.2. The lowest BCUT2D eigenvalue weighted by Gasteiger charge is -2.12. The van der Waals surface area contributed by atoms with E-state index in [2.05, 4.69) is 22.1 Å². The number of esters is 1. The third-order valence-electron chi connectivity index (χ3n) is 5.01. The van der Waals surface area contributed by atoms with Crippen LogP contribution in [-0.4, -0.2) is 39.0 Å². The van der Waals surface area contributed by atoms with Gasteiger partial charge in [0.15, 0.2) is 11.0 Å². The van der Waals surface area contributed by atoms with Crippen LogP contribution in [0.4, 0.5) is 5.00 Å². The molecule has 3 heterocycles. The van der Waals surface area contributed by atoms with Crippen LogP contribution < -0.4 is 5.32 Å². The molecule has 0 radical (unpaired) electrons. The van der Waals surface area contributed by atoms with E-state index in [1.807, 2.05) is 22.1 Å². The third-order valence-corrected chi connectivity index (χ3v) is 8.05. The number of carbonyl (C=O) groups excluding carboxylic acids is 2. The molecule has 0 spiro atoms. The minimum atomic E-state index is -0.360. The predicted molar refractivity (Wildman–Crippen MR) is 130 cm³/mol.